The maximum atomic E-state index is 3.80. The van der Waals surface area contributed by atoms with E-state index in [4.69, 9.17) is 0 Å². The SMILES string of the molecule is C=CCC1(C)Cc2ccccc21. The Labute approximate surface area is 73.9 Å². The topological polar surface area (TPSA) is 0 Å². The normalized spacial score (nSPS) is 25.8. The molecule has 1 aromatic carbocycles. The van der Waals surface area contributed by atoms with Crippen molar-refractivity contribution in [2.45, 2.75) is 25.2 Å². The summed E-state index contributed by atoms with van der Waals surface area (Å²) in [6.07, 6.45) is 4.34. The number of allylic oxidation sites excluding steroid dienone is 1. The first-order valence-electron chi connectivity index (χ1n) is 4.45. The van der Waals surface area contributed by atoms with Crippen LogP contribution in [0.15, 0.2) is 36.9 Å². The van der Waals surface area contributed by atoms with E-state index in [2.05, 4.69) is 37.8 Å². The molecule has 0 heterocycles. The van der Waals surface area contributed by atoms with E-state index in [0.29, 0.717) is 5.41 Å². The minimum Gasteiger partial charge on any atom is -0.103 e. The van der Waals surface area contributed by atoms with Crippen LogP contribution in [-0.4, -0.2) is 0 Å². The van der Waals surface area contributed by atoms with E-state index in [1.165, 1.54) is 17.5 Å². The summed E-state index contributed by atoms with van der Waals surface area (Å²) in [5.41, 5.74) is 3.42. The average molecular weight is 158 g/mol. The Hall–Kier alpha value is -1.04. The number of hydrogen-bond donors (Lipinski definition) is 0. The van der Waals surface area contributed by atoms with Gasteiger partial charge in [0.2, 0.25) is 0 Å². The molecule has 0 N–H and O–H groups in total. The number of benzene rings is 1. The van der Waals surface area contributed by atoms with Crippen LogP contribution in [0.3, 0.4) is 0 Å². The minimum absolute atomic E-state index is 0.387. The summed E-state index contributed by atoms with van der Waals surface area (Å²) < 4.78 is 0. The second kappa shape index (κ2) is 2.48. The molecule has 12 heavy (non-hydrogen) atoms. The fourth-order valence-corrected chi connectivity index (χ4v) is 2.17. The molecule has 0 bridgehead atoms. The minimum atomic E-state index is 0.387. The molecule has 0 heteroatoms. The van der Waals surface area contributed by atoms with Crippen molar-refractivity contribution in [1.82, 2.24) is 0 Å². The monoisotopic (exact) mass is 158 g/mol. The predicted molar refractivity (Wildman–Crippen MR) is 52.3 cm³/mol. The highest BCUT2D eigenvalue weighted by Crippen LogP contribution is 2.43. The van der Waals surface area contributed by atoms with Gasteiger partial charge in [-0.3, -0.25) is 0 Å². The molecule has 0 radical (unpaired) electrons. The molecule has 0 fully saturated rings. The number of fused-ring (bicyclic) bond motifs is 1. The zero-order valence-electron chi connectivity index (χ0n) is 7.51. The molecule has 0 saturated heterocycles. The maximum Gasteiger partial charge on any atom is 0.000222 e. The van der Waals surface area contributed by atoms with Crippen LogP contribution in [0.4, 0.5) is 0 Å². The van der Waals surface area contributed by atoms with Gasteiger partial charge in [0.05, 0.1) is 0 Å². The van der Waals surface area contributed by atoms with E-state index >= 15 is 0 Å². The van der Waals surface area contributed by atoms with Gasteiger partial charge in [0.1, 0.15) is 0 Å². The Morgan fingerprint density at radius 2 is 2.25 bits per heavy atom. The van der Waals surface area contributed by atoms with Gasteiger partial charge in [-0.15, -0.1) is 6.58 Å². The van der Waals surface area contributed by atoms with Crippen LogP contribution < -0.4 is 0 Å². The molecule has 1 unspecified atom stereocenters. The molecule has 0 saturated carbocycles. The summed E-state index contributed by atoms with van der Waals surface area (Å²) in [5, 5.41) is 0. The van der Waals surface area contributed by atoms with Crippen LogP contribution >= 0.6 is 0 Å². The Balaban J connectivity index is 2.34. The quantitative estimate of drug-likeness (QED) is 0.580. The molecule has 0 aromatic heterocycles. The van der Waals surface area contributed by atoms with Crippen molar-refractivity contribution in [1.29, 1.82) is 0 Å². The molecule has 0 aliphatic heterocycles. The van der Waals surface area contributed by atoms with Crippen LogP contribution in [0.2, 0.25) is 0 Å². The fraction of sp³-hybridized carbons (Fsp3) is 0.333. The van der Waals surface area contributed by atoms with E-state index in [-0.39, 0.29) is 0 Å². The highest BCUT2D eigenvalue weighted by molar-refractivity contribution is 5.44. The first kappa shape index (κ1) is 7.60. The highest BCUT2D eigenvalue weighted by atomic mass is 14.4. The highest BCUT2D eigenvalue weighted by Gasteiger charge is 2.36. The van der Waals surface area contributed by atoms with Gasteiger partial charge in [-0.25, -0.2) is 0 Å². The molecule has 1 atom stereocenters. The summed E-state index contributed by atoms with van der Waals surface area (Å²) in [7, 11) is 0. The molecule has 0 amide bonds. The number of rotatable bonds is 2. The molecular formula is C12H14. The Morgan fingerprint density at radius 3 is 2.92 bits per heavy atom. The second-order valence-electron chi connectivity index (χ2n) is 3.89. The van der Waals surface area contributed by atoms with Crippen molar-refractivity contribution in [3.8, 4) is 0 Å². The van der Waals surface area contributed by atoms with Crippen molar-refractivity contribution in [3.63, 3.8) is 0 Å². The van der Waals surface area contributed by atoms with Crippen molar-refractivity contribution >= 4 is 0 Å². The van der Waals surface area contributed by atoms with Gasteiger partial charge in [-0.05, 0) is 24.0 Å². The van der Waals surface area contributed by atoms with Gasteiger partial charge in [-0.2, -0.15) is 0 Å². The average Bonchev–Trinajstić information content (AvgIpc) is 2.04. The lowest BCUT2D eigenvalue weighted by Gasteiger charge is -2.40. The standard InChI is InChI=1S/C12H14/c1-3-8-12(2)9-10-6-4-5-7-11(10)12/h3-7H,1,8-9H2,2H3. The molecule has 1 aliphatic rings. The van der Waals surface area contributed by atoms with E-state index < -0.39 is 0 Å². The Kier molecular flexibility index (Phi) is 1.57. The van der Waals surface area contributed by atoms with E-state index in [0.717, 1.165) is 6.42 Å². The second-order valence-corrected chi connectivity index (χ2v) is 3.89. The van der Waals surface area contributed by atoms with Crippen molar-refractivity contribution in [2.75, 3.05) is 0 Å². The third-order valence-corrected chi connectivity index (χ3v) is 2.84. The van der Waals surface area contributed by atoms with Crippen LogP contribution in [0.25, 0.3) is 0 Å². The predicted octanol–water partition coefficient (Wildman–Crippen LogP) is 3.08. The third kappa shape index (κ3) is 0.911. The molecular weight excluding hydrogens is 144 g/mol. The summed E-state index contributed by atoms with van der Waals surface area (Å²) >= 11 is 0. The van der Waals surface area contributed by atoms with Crippen LogP contribution in [-0.2, 0) is 11.8 Å². The molecule has 1 aliphatic carbocycles. The molecule has 0 spiro atoms. The van der Waals surface area contributed by atoms with Crippen molar-refractivity contribution in [3.05, 3.63) is 48.0 Å². The summed E-state index contributed by atoms with van der Waals surface area (Å²) in [6, 6.07) is 8.70. The van der Waals surface area contributed by atoms with Gasteiger partial charge in [-0.1, -0.05) is 37.3 Å². The van der Waals surface area contributed by atoms with E-state index in [1.54, 1.807) is 0 Å². The zero-order valence-corrected chi connectivity index (χ0v) is 7.51. The molecule has 0 nitrogen and oxygen atoms in total. The van der Waals surface area contributed by atoms with Gasteiger partial charge >= 0.3 is 0 Å². The van der Waals surface area contributed by atoms with Crippen molar-refractivity contribution in [2.24, 2.45) is 0 Å². The van der Waals surface area contributed by atoms with Gasteiger partial charge in [0.25, 0.3) is 0 Å². The molecule has 1 aromatic rings. The van der Waals surface area contributed by atoms with Crippen LogP contribution in [0.1, 0.15) is 24.5 Å². The fourth-order valence-electron chi connectivity index (χ4n) is 2.17. The smallest absolute Gasteiger partial charge is 0.000222 e. The number of hydrogen-bond acceptors (Lipinski definition) is 0. The molecule has 62 valence electrons. The largest absolute Gasteiger partial charge is 0.103 e. The third-order valence-electron chi connectivity index (χ3n) is 2.84. The van der Waals surface area contributed by atoms with Gasteiger partial charge < -0.3 is 0 Å². The maximum absolute atomic E-state index is 3.80. The van der Waals surface area contributed by atoms with Gasteiger partial charge in [0.15, 0.2) is 0 Å². The lowest BCUT2D eigenvalue weighted by molar-refractivity contribution is 0.415. The van der Waals surface area contributed by atoms with Gasteiger partial charge in [0, 0.05) is 5.41 Å². The first-order chi connectivity index (χ1) is 5.76. The Morgan fingerprint density at radius 1 is 1.50 bits per heavy atom. The van der Waals surface area contributed by atoms with Crippen molar-refractivity contribution < 1.29 is 0 Å². The van der Waals surface area contributed by atoms with Crippen LogP contribution in [0.5, 0.6) is 0 Å². The molecule has 2 rings (SSSR count). The lowest BCUT2D eigenvalue weighted by atomic mass is 9.63. The Bertz CT molecular complexity index is 312. The summed E-state index contributed by atoms with van der Waals surface area (Å²) in [5.74, 6) is 0. The summed E-state index contributed by atoms with van der Waals surface area (Å²) in [6.45, 7) is 6.12. The van der Waals surface area contributed by atoms with Crippen LogP contribution in [0, 0.1) is 0 Å². The lowest BCUT2D eigenvalue weighted by Crippen LogP contribution is -2.34. The zero-order chi connectivity index (χ0) is 8.60. The first-order valence-corrected chi connectivity index (χ1v) is 4.45. The van der Waals surface area contributed by atoms with E-state index in [1.807, 2.05) is 6.08 Å². The van der Waals surface area contributed by atoms with E-state index in [9.17, 15) is 0 Å². The summed E-state index contributed by atoms with van der Waals surface area (Å²) in [4.78, 5) is 0.